The van der Waals surface area contributed by atoms with Gasteiger partial charge in [-0.15, -0.1) is 0 Å². The van der Waals surface area contributed by atoms with Crippen LogP contribution < -0.4 is 14.5 Å². The molecule has 0 aromatic heterocycles. The molecule has 2 heterocycles. The first-order valence-corrected chi connectivity index (χ1v) is 11.2. The molecule has 0 N–H and O–H groups in total. The molecular formula is C24H32FN3O. The summed E-state index contributed by atoms with van der Waals surface area (Å²) < 4.78 is 21.5. The molecule has 1 aromatic carbocycles. The van der Waals surface area contributed by atoms with Crippen LogP contribution in [0.5, 0.6) is 5.75 Å². The highest BCUT2D eigenvalue weighted by Gasteiger charge is 2.41. The number of aliphatic imine (C=N–C) groups is 1. The van der Waals surface area contributed by atoms with Gasteiger partial charge in [0, 0.05) is 44.5 Å². The van der Waals surface area contributed by atoms with Crippen molar-refractivity contribution in [2.45, 2.75) is 57.4 Å². The summed E-state index contributed by atoms with van der Waals surface area (Å²) in [4.78, 5) is 8.84. The summed E-state index contributed by atoms with van der Waals surface area (Å²) in [5.74, 6) is 2.09. The van der Waals surface area contributed by atoms with Crippen molar-refractivity contribution in [3.05, 3.63) is 29.2 Å². The molecule has 1 saturated heterocycles. The van der Waals surface area contributed by atoms with Crippen LogP contribution in [0, 0.1) is 17.7 Å². The molecule has 4 nitrogen and oxygen atoms in total. The van der Waals surface area contributed by atoms with Crippen molar-refractivity contribution in [2.75, 3.05) is 37.0 Å². The maximum atomic E-state index is 15.6. The number of nitrogens with zero attached hydrogens (tertiary/aromatic N) is 3. The number of anilines is 2. The minimum absolute atomic E-state index is 0.0994. The van der Waals surface area contributed by atoms with Crippen LogP contribution in [0.2, 0.25) is 0 Å². The van der Waals surface area contributed by atoms with Gasteiger partial charge >= 0.3 is 0 Å². The van der Waals surface area contributed by atoms with Gasteiger partial charge in [0.15, 0.2) is 11.6 Å². The number of hydrogen-bond donors (Lipinski definition) is 0. The third kappa shape index (κ3) is 3.13. The van der Waals surface area contributed by atoms with Gasteiger partial charge in [0.2, 0.25) is 0 Å². The molecular weight excluding hydrogens is 365 g/mol. The highest BCUT2D eigenvalue weighted by molar-refractivity contribution is 5.88. The quantitative estimate of drug-likeness (QED) is 0.659. The fraction of sp³-hybridized carbons (Fsp3) is 0.625. The molecule has 156 valence electrons. The topological polar surface area (TPSA) is 28.1 Å². The van der Waals surface area contributed by atoms with Gasteiger partial charge in [-0.3, -0.25) is 4.99 Å². The molecule has 0 radical (unpaired) electrons. The van der Waals surface area contributed by atoms with Crippen LogP contribution in [-0.4, -0.2) is 39.5 Å². The number of halogens is 1. The summed E-state index contributed by atoms with van der Waals surface area (Å²) in [5.41, 5.74) is 3.90. The van der Waals surface area contributed by atoms with Gasteiger partial charge in [0.25, 0.3) is 0 Å². The molecule has 4 aliphatic rings. The first-order chi connectivity index (χ1) is 14.1. The average Bonchev–Trinajstić information content (AvgIpc) is 3.47. The van der Waals surface area contributed by atoms with Crippen molar-refractivity contribution < 1.29 is 9.13 Å². The molecule has 29 heavy (non-hydrogen) atoms. The number of benzene rings is 1. The molecule has 2 saturated carbocycles. The standard InChI is InChI=1S/C24H32FN3O/c1-15-18(11-26-2)14-28(19-8-9-19)22-20(15)10-21(25)23(24(22)29-3)27-12-16-6-4-5-7-17(16)13-27/h10-11,14-17,19H,4-9,12-13H2,1-3H3/t15?,16-,17+. The van der Waals surface area contributed by atoms with Gasteiger partial charge in [-0.1, -0.05) is 19.8 Å². The number of fused-ring (bicyclic) bond motifs is 2. The van der Waals surface area contributed by atoms with Gasteiger partial charge in [-0.25, -0.2) is 4.39 Å². The number of ether oxygens (including phenoxy) is 1. The normalized spacial score (nSPS) is 29.1. The van der Waals surface area contributed by atoms with Crippen LogP contribution in [0.25, 0.3) is 0 Å². The zero-order valence-corrected chi connectivity index (χ0v) is 17.8. The Hall–Kier alpha value is -2.04. The van der Waals surface area contributed by atoms with E-state index in [2.05, 4.69) is 27.9 Å². The zero-order chi connectivity index (χ0) is 20.1. The molecule has 2 aliphatic heterocycles. The Morgan fingerprint density at radius 2 is 1.79 bits per heavy atom. The van der Waals surface area contributed by atoms with Crippen LogP contribution in [0.1, 0.15) is 56.9 Å². The minimum atomic E-state index is -0.142. The average molecular weight is 398 g/mol. The lowest BCUT2D eigenvalue weighted by molar-refractivity contribution is 0.299. The highest BCUT2D eigenvalue weighted by atomic mass is 19.1. The molecule has 2 aliphatic carbocycles. The first kappa shape index (κ1) is 19.0. The monoisotopic (exact) mass is 397 g/mol. The fourth-order valence-electron chi connectivity index (χ4n) is 5.75. The maximum absolute atomic E-state index is 15.6. The second kappa shape index (κ2) is 7.33. The van der Waals surface area contributed by atoms with Crippen molar-refractivity contribution in [3.8, 4) is 5.75 Å². The van der Waals surface area contributed by atoms with Gasteiger partial charge in [-0.2, -0.15) is 0 Å². The Bertz CT molecular complexity index is 846. The molecule has 5 heteroatoms. The molecule has 1 aromatic rings. The second-order valence-corrected chi connectivity index (χ2v) is 9.26. The molecule has 3 fully saturated rings. The lowest BCUT2D eigenvalue weighted by Gasteiger charge is -2.36. The molecule has 0 bridgehead atoms. The predicted octanol–water partition coefficient (Wildman–Crippen LogP) is 5.13. The van der Waals surface area contributed by atoms with Crippen LogP contribution in [0.4, 0.5) is 15.8 Å². The summed E-state index contributed by atoms with van der Waals surface area (Å²) in [6.45, 7) is 4.05. The van der Waals surface area contributed by atoms with Crippen molar-refractivity contribution in [1.29, 1.82) is 0 Å². The largest absolute Gasteiger partial charge is 0.492 e. The Kier molecular flexibility index (Phi) is 4.79. The van der Waals surface area contributed by atoms with Crippen molar-refractivity contribution >= 4 is 17.6 Å². The highest BCUT2D eigenvalue weighted by Crippen LogP contribution is 2.53. The summed E-state index contributed by atoms with van der Waals surface area (Å²) in [6.07, 6.45) is 11.7. The maximum Gasteiger partial charge on any atom is 0.169 e. The lowest BCUT2D eigenvalue weighted by atomic mass is 9.82. The van der Waals surface area contributed by atoms with E-state index in [0.29, 0.717) is 23.6 Å². The number of rotatable bonds is 4. The molecule has 3 atom stereocenters. The summed E-state index contributed by atoms with van der Waals surface area (Å²) in [5, 5.41) is 0. The van der Waals surface area contributed by atoms with Crippen molar-refractivity contribution in [3.63, 3.8) is 0 Å². The van der Waals surface area contributed by atoms with Crippen LogP contribution in [0.3, 0.4) is 0 Å². The van der Waals surface area contributed by atoms with E-state index in [4.69, 9.17) is 4.74 Å². The number of hydrogen-bond acceptors (Lipinski definition) is 4. The molecule has 5 rings (SSSR count). The minimum Gasteiger partial charge on any atom is -0.492 e. The van der Waals surface area contributed by atoms with E-state index in [9.17, 15) is 0 Å². The van der Waals surface area contributed by atoms with Crippen LogP contribution in [0.15, 0.2) is 22.8 Å². The van der Waals surface area contributed by atoms with E-state index in [1.54, 1.807) is 20.2 Å². The molecule has 1 unspecified atom stereocenters. The number of allylic oxidation sites excluding steroid dienone is 1. The van der Waals surface area contributed by atoms with Gasteiger partial charge < -0.3 is 14.5 Å². The van der Waals surface area contributed by atoms with Gasteiger partial charge in [0.1, 0.15) is 5.69 Å². The van der Waals surface area contributed by atoms with Crippen molar-refractivity contribution in [2.24, 2.45) is 16.8 Å². The zero-order valence-electron chi connectivity index (χ0n) is 17.8. The summed E-state index contributed by atoms with van der Waals surface area (Å²) in [6, 6.07) is 2.25. The SMILES string of the molecule is CN=CC1=CN(C2CC2)c2c(cc(F)c(N3C[C@H]4CCCC[C@H]4C3)c2OC)C1C. The third-order valence-corrected chi connectivity index (χ3v) is 7.44. The fourth-order valence-corrected chi connectivity index (χ4v) is 5.75. The number of methoxy groups -OCH3 is 1. The lowest BCUT2D eigenvalue weighted by Crippen LogP contribution is -2.29. The Morgan fingerprint density at radius 1 is 1.10 bits per heavy atom. The van der Waals surface area contributed by atoms with E-state index in [-0.39, 0.29) is 11.7 Å². The van der Waals surface area contributed by atoms with Gasteiger partial charge in [-0.05, 0) is 54.7 Å². The molecule has 0 amide bonds. The Balaban J connectivity index is 1.61. The van der Waals surface area contributed by atoms with Crippen molar-refractivity contribution in [1.82, 2.24) is 0 Å². The summed E-state index contributed by atoms with van der Waals surface area (Å²) in [7, 11) is 3.49. The Morgan fingerprint density at radius 3 is 2.38 bits per heavy atom. The van der Waals surface area contributed by atoms with E-state index >= 15 is 4.39 Å². The predicted molar refractivity (Wildman–Crippen MR) is 117 cm³/mol. The van der Waals surface area contributed by atoms with E-state index < -0.39 is 0 Å². The smallest absolute Gasteiger partial charge is 0.169 e. The summed E-state index contributed by atoms with van der Waals surface area (Å²) >= 11 is 0. The van der Waals surface area contributed by atoms with Gasteiger partial charge in [0.05, 0.1) is 12.8 Å². The molecule has 0 spiro atoms. The first-order valence-electron chi connectivity index (χ1n) is 11.2. The van der Waals surface area contributed by atoms with Crippen LogP contribution in [-0.2, 0) is 0 Å². The Labute approximate surface area is 173 Å². The van der Waals surface area contributed by atoms with E-state index in [1.165, 1.54) is 38.5 Å². The van der Waals surface area contributed by atoms with E-state index in [1.807, 2.05) is 6.21 Å². The third-order valence-electron chi connectivity index (χ3n) is 7.44. The van der Waals surface area contributed by atoms with Crippen LogP contribution >= 0.6 is 0 Å². The van der Waals surface area contributed by atoms with E-state index in [0.717, 1.165) is 35.7 Å². The second-order valence-electron chi connectivity index (χ2n) is 9.26.